The van der Waals surface area contributed by atoms with Crippen LogP contribution >= 0.6 is 0 Å². The van der Waals surface area contributed by atoms with Crippen LogP contribution in [0.2, 0.25) is 0 Å². The van der Waals surface area contributed by atoms with Crippen LogP contribution in [0.25, 0.3) is 0 Å². The van der Waals surface area contributed by atoms with Gasteiger partial charge < -0.3 is 14.9 Å². The summed E-state index contributed by atoms with van der Waals surface area (Å²) in [5.41, 5.74) is -0.843. The van der Waals surface area contributed by atoms with Crippen LogP contribution in [-0.2, 0) is 14.3 Å². The van der Waals surface area contributed by atoms with Crippen LogP contribution in [0.15, 0.2) is 0 Å². The van der Waals surface area contributed by atoms with Gasteiger partial charge in [-0.15, -0.1) is 0 Å². The van der Waals surface area contributed by atoms with E-state index in [2.05, 4.69) is 13.8 Å². The molecule has 5 aliphatic rings. The van der Waals surface area contributed by atoms with Gasteiger partial charge in [0.25, 0.3) is 0 Å². The largest absolute Gasteiger partial charge is 0.481 e. The SMILES string of the molecule is C[C@]12CC[C@H]3[C@]4(C)CCC[C@@](C)(C(=O)O)[C@H]4CC[C@@]3(C1)[C@H](COC(=O)C1CCCCC1)[C@H]2O. The maximum atomic E-state index is 12.9. The van der Waals surface area contributed by atoms with Crippen LogP contribution in [-0.4, -0.2) is 34.9 Å². The van der Waals surface area contributed by atoms with Gasteiger partial charge in [-0.2, -0.15) is 0 Å². The molecule has 0 aromatic rings. The second kappa shape index (κ2) is 7.96. The number of rotatable bonds is 4. The highest BCUT2D eigenvalue weighted by atomic mass is 16.5. The van der Waals surface area contributed by atoms with Crippen molar-refractivity contribution in [1.82, 2.24) is 0 Å². The first-order chi connectivity index (χ1) is 15.6. The average Bonchev–Trinajstić information content (AvgIpc) is 2.93. The smallest absolute Gasteiger partial charge is 0.309 e. The number of carbonyl (C=O) groups excluding carboxylic acids is 1. The number of carboxylic acid groups (broad SMARTS) is 1. The standard InChI is InChI=1S/C28H44O5/c1-25-14-10-21-26(2)12-7-13-27(3,24(31)32)20(26)11-15-28(21,17-25)19(22(25)29)16-33-23(30)18-8-5-4-6-9-18/h18-22,29H,4-17H2,1-3H3,(H,31,32)/t19-,20+,21+,22-,25+,26-,27-,28-/m1/s1. The summed E-state index contributed by atoms with van der Waals surface area (Å²) in [5, 5.41) is 21.7. The lowest BCUT2D eigenvalue weighted by atomic mass is 9.39. The Morgan fingerprint density at radius 2 is 1.58 bits per heavy atom. The Bertz CT molecular complexity index is 804. The van der Waals surface area contributed by atoms with Crippen LogP contribution < -0.4 is 0 Å². The van der Waals surface area contributed by atoms with Gasteiger partial charge in [0.05, 0.1) is 24.0 Å². The lowest BCUT2D eigenvalue weighted by molar-refractivity contribution is -0.191. The van der Waals surface area contributed by atoms with E-state index in [0.29, 0.717) is 12.5 Å². The minimum absolute atomic E-state index is 0.0271. The summed E-state index contributed by atoms with van der Waals surface area (Å²) < 4.78 is 5.99. The molecule has 5 rings (SSSR count). The quantitative estimate of drug-likeness (QED) is 0.535. The van der Waals surface area contributed by atoms with Crippen molar-refractivity contribution in [3.63, 3.8) is 0 Å². The third-order valence-electron chi connectivity index (χ3n) is 11.8. The van der Waals surface area contributed by atoms with Crippen molar-refractivity contribution in [3.05, 3.63) is 0 Å². The van der Waals surface area contributed by atoms with E-state index in [-0.39, 0.29) is 40.0 Å². The summed E-state index contributed by atoms with van der Waals surface area (Å²) in [6.45, 7) is 6.91. The van der Waals surface area contributed by atoms with Crippen molar-refractivity contribution in [2.45, 2.75) is 110 Å². The number of fused-ring (bicyclic) bond motifs is 3. The Labute approximate surface area is 199 Å². The van der Waals surface area contributed by atoms with E-state index in [1.807, 2.05) is 6.92 Å². The predicted octanol–water partition coefficient (Wildman–Crippen LogP) is 5.58. The highest BCUT2D eigenvalue weighted by Gasteiger charge is 2.71. The molecule has 0 aliphatic heterocycles. The van der Waals surface area contributed by atoms with E-state index in [4.69, 9.17) is 4.74 Å². The molecule has 0 radical (unpaired) electrons. The number of hydrogen-bond acceptors (Lipinski definition) is 4. The Kier molecular flexibility index (Phi) is 5.70. The number of aliphatic hydroxyl groups is 1. The number of carboxylic acids is 1. The first-order valence-electron chi connectivity index (χ1n) is 13.6. The van der Waals surface area contributed by atoms with E-state index < -0.39 is 17.5 Å². The van der Waals surface area contributed by atoms with E-state index in [0.717, 1.165) is 77.0 Å². The van der Waals surface area contributed by atoms with Gasteiger partial charge in [0, 0.05) is 5.92 Å². The van der Waals surface area contributed by atoms with Gasteiger partial charge in [-0.05, 0) is 92.8 Å². The Morgan fingerprint density at radius 3 is 2.27 bits per heavy atom. The first kappa shape index (κ1) is 23.6. The summed E-state index contributed by atoms with van der Waals surface area (Å²) in [5.74, 6) is -0.121. The summed E-state index contributed by atoms with van der Waals surface area (Å²) in [6.07, 6.45) is 12.6. The second-order valence-corrected chi connectivity index (χ2v) is 13.3. The Balaban J connectivity index is 1.43. The fourth-order valence-electron chi connectivity index (χ4n) is 10.1. The molecule has 5 aliphatic carbocycles. The maximum absolute atomic E-state index is 12.9. The molecule has 0 saturated heterocycles. The van der Waals surface area contributed by atoms with E-state index >= 15 is 0 Å². The average molecular weight is 461 g/mol. The molecule has 2 bridgehead atoms. The number of aliphatic carboxylic acids is 1. The minimum Gasteiger partial charge on any atom is -0.481 e. The van der Waals surface area contributed by atoms with Crippen LogP contribution in [0.4, 0.5) is 0 Å². The van der Waals surface area contributed by atoms with Crippen LogP contribution in [0.5, 0.6) is 0 Å². The van der Waals surface area contributed by atoms with Gasteiger partial charge in [0.15, 0.2) is 0 Å². The number of hydrogen-bond donors (Lipinski definition) is 2. The van der Waals surface area contributed by atoms with Gasteiger partial charge in [0.1, 0.15) is 0 Å². The molecule has 1 spiro atoms. The number of carbonyl (C=O) groups is 2. The fraction of sp³-hybridized carbons (Fsp3) is 0.929. The Morgan fingerprint density at radius 1 is 0.879 bits per heavy atom. The molecule has 5 heteroatoms. The van der Waals surface area contributed by atoms with Crippen molar-refractivity contribution in [2.24, 2.45) is 45.3 Å². The Hall–Kier alpha value is -1.10. The maximum Gasteiger partial charge on any atom is 0.309 e. The third kappa shape index (κ3) is 3.34. The molecular weight excluding hydrogens is 416 g/mol. The lowest BCUT2D eigenvalue weighted by Gasteiger charge is -2.64. The van der Waals surface area contributed by atoms with Crippen LogP contribution in [0.3, 0.4) is 0 Å². The summed E-state index contributed by atoms with van der Waals surface area (Å²) in [7, 11) is 0. The van der Waals surface area contributed by atoms with Crippen molar-refractivity contribution in [3.8, 4) is 0 Å². The van der Waals surface area contributed by atoms with Gasteiger partial charge in [0.2, 0.25) is 0 Å². The zero-order valence-corrected chi connectivity index (χ0v) is 20.9. The molecule has 186 valence electrons. The fourth-order valence-corrected chi connectivity index (χ4v) is 10.1. The lowest BCUT2D eigenvalue weighted by Crippen LogP contribution is -2.60. The first-order valence-corrected chi connectivity index (χ1v) is 13.6. The zero-order valence-electron chi connectivity index (χ0n) is 20.9. The number of esters is 1. The normalized spacial score (nSPS) is 49.7. The highest BCUT2D eigenvalue weighted by Crippen LogP contribution is 2.75. The van der Waals surface area contributed by atoms with Gasteiger partial charge in [-0.25, -0.2) is 0 Å². The minimum atomic E-state index is -0.657. The monoisotopic (exact) mass is 460 g/mol. The van der Waals surface area contributed by atoms with Crippen molar-refractivity contribution in [1.29, 1.82) is 0 Å². The van der Waals surface area contributed by atoms with Gasteiger partial charge in [-0.3, -0.25) is 9.59 Å². The zero-order chi connectivity index (χ0) is 23.6. The van der Waals surface area contributed by atoms with Crippen LogP contribution in [0.1, 0.15) is 104 Å². The number of aliphatic hydroxyl groups excluding tert-OH is 1. The highest BCUT2D eigenvalue weighted by molar-refractivity contribution is 5.75. The molecule has 0 aromatic carbocycles. The molecule has 0 amide bonds. The molecule has 5 fully saturated rings. The molecule has 33 heavy (non-hydrogen) atoms. The summed E-state index contributed by atoms with van der Waals surface area (Å²) in [4.78, 5) is 25.3. The molecule has 5 saturated carbocycles. The second-order valence-electron chi connectivity index (χ2n) is 13.3. The predicted molar refractivity (Wildman–Crippen MR) is 125 cm³/mol. The van der Waals surface area contributed by atoms with Crippen LogP contribution in [0, 0.1) is 45.3 Å². The molecular formula is C28H44O5. The number of ether oxygens (including phenoxy) is 1. The van der Waals surface area contributed by atoms with Crippen molar-refractivity contribution >= 4 is 11.9 Å². The van der Waals surface area contributed by atoms with Crippen molar-refractivity contribution in [2.75, 3.05) is 6.61 Å². The molecule has 2 N–H and O–H groups in total. The topological polar surface area (TPSA) is 83.8 Å². The van der Waals surface area contributed by atoms with Crippen molar-refractivity contribution < 1.29 is 24.5 Å². The third-order valence-corrected chi connectivity index (χ3v) is 11.8. The summed E-state index contributed by atoms with van der Waals surface area (Å²) >= 11 is 0. The molecule has 5 nitrogen and oxygen atoms in total. The molecule has 0 heterocycles. The van der Waals surface area contributed by atoms with E-state index in [1.165, 1.54) is 6.42 Å². The molecule has 8 atom stereocenters. The molecule has 0 unspecified atom stereocenters. The van der Waals surface area contributed by atoms with Gasteiger partial charge in [-0.1, -0.05) is 39.5 Å². The van der Waals surface area contributed by atoms with Gasteiger partial charge >= 0.3 is 11.9 Å². The summed E-state index contributed by atoms with van der Waals surface area (Å²) in [6, 6.07) is 0. The molecule has 0 aromatic heterocycles. The van der Waals surface area contributed by atoms with E-state index in [1.54, 1.807) is 0 Å². The van der Waals surface area contributed by atoms with E-state index in [9.17, 15) is 19.8 Å².